The molecule has 0 bridgehead atoms. The summed E-state index contributed by atoms with van der Waals surface area (Å²) in [5, 5.41) is 6.92. The van der Waals surface area contributed by atoms with Gasteiger partial charge in [-0.25, -0.2) is 18.0 Å². The van der Waals surface area contributed by atoms with Crippen molar-refractivity contribution in [3.8, 4) is 11.5 Å². The number of hydrogen-bond acceptors (Lipinski definition) is 4. The zero-order chi connectivity index (χ0) is 20.8. The quantitative estimate of drug-likeness (QED) is 0.639. The molecule has 3 amide bonds. The Bertz CT molecular complexity index is 924. The molecular formula is C19H18F3N3O4. The summed E-state index contributed by atoms with van der Waals surface area (Å²) in [6.07, 6.45) is 0.524. The van der Waals surface area contributed by atoms with Gasteiger partial charge in [0.15, 0.2) is 29.0 Å². The van der Waals surface area contributed by atoms with Gasteiger partial charge in [-0.05, 0) is 36.2 Å². The molecule has 1 aliphatic rings. The van der Waals surface area contributed by atoms with Gasteiger partial charge in [0, 0.05) is 6.54 Å². The number of halogens is 3. The highest BCUT2D eigenvalue weighted by Gasteiger charge is 2.16. The molecule has 0 unspecified atom stereocenters. The molecule has 29 heavy (non-hydrogen) atoms. The third-order valence-corrected chi connectivity index (χ3v) is 4.02. The number of carbonyl (C=O) groups is 2. The number of ether oxygens (including phenoxy) is 2. The Hall–Kier alpha value is -3.43. The van der Waals surface area contributed by atoms with Crippen LogP contribution < -0.4 is 25.4 Å². The number of fused-ring (bicyclic) bond motifs is 1. The molecule has 3 rings (SSSR count). The number of nitrogens with one attached hydrogen (secondary N) is 3. The van der Waals surface area contributed by atoms with Crippen LogP contribution in [0, 0.1) is 17.5 Å². The van der Waals surface area contributed by atoms with Gasteiger partial charge in [-0.3, -0.25) is 4.79 Å². The van der Waals surface area contributed by atoms with Crippen molar-refractivity contribution in [2.45, 2.75) is 6.42 Å². The predicted molar refractivity (Wildman–Crippen MR) is 97.5 cm³/mol. The Morgan fingerprint density at radius 3 is 2.48 bits per heavy atom. The van der Waals surface area contributed by atoms with E-state index in [0.717, 1.165) is 11.6 Å². The molecule has 1 aliphatic heterocycles. The van der Waals surface area contributed by atoms with Gasteiger partial charge in [-0.2, -0.15) is 0 Å². The van der Waals surface area contributed by atoms with Gasteiger partial charge >= 0.3 is 6.03 Å². The first-order chi connectivity index (χ1) is 13.9. The second kappa shape index (κ2) is 9.18. The molecule has 0 radical (unpaired) electrons. The predicted octanol–water partition coefficient (Wildman–Crippen LogP) is 2.36. The largest absolute Gasteiger partial charge is 0.486 e. The van der Waals surface area contributed by atoms with Crippen molar-refractivity contribution in [2.75, 3.05) is 31.6 Å². The first kappa shape index (κ1) is 20.3. The molecule has 0 aliphatic carbocycles. The van der Waals surface area contributed by atoms with Crippen molar-refractivity contribution in [1.29, 1.82) is 0 Å². The highest BCUT2D eigenvalue weighted by atomic mass is 19.2. The first-order valence-electron chi connectivity index (χ1n) is 8.77. The molecule has 2 aromatic carbocycles. The van der Waals surface area contributed by atoms with Crippen molar-refractivity contribution < 1.29 is 32.2 Å². The van der Waals surface area contributed by atoms with Crippen LogP contribution in [0.2, 0.25) is 0 Å². The maximum Gasteiger partial charge on any atom is 0.315 e. The van der Waals surface area contributed by atoms with Crippen LogP contribution in [-0.2, 0) is 11.2 Å². The summed E-state index contributed by atoms with van der Waals surface area (Å²) in [6.45, 7) is 0.803. The standard InChI is InChI=1S/C19H18F3N3O4/c20-12-2-3-13(18(22)17(12)21)25-16(26)10-24-19(27)23-6-5-11-1-4-14-15(9-11)29-8-7-28-14/h1-4,9H,5-8,10H2,(H,25,26)(H2,23,24,27). The van der Waals surface area contributed by atoms with Gasteiger partial charge in [0.25, 0.3) is 0 Å². The van der Waals surface area contributed by atoms with Crippen LogP contribution in [0.1, 0.15) is 5.56 Å². The van der Waals surface area contributed by atoms with Crippen LogP contribution >= 0.6 is 0 Å². The summed E-state index contributed by atoms with van der Waals surface area (Å²) in [4.78, 5) is 23.5. The number of rotatable bonds is 6. The molecule has 0 aromatic heterocycles. The number of benzene rings is 2. The third kappa shape index (κ3) is 5.31. The van der Waals surface area contributed by atoms with Gasteiger partial charge in [0.2, 0.25) is 5.91 Å². The summed E-state index contributed by atoms with van der Waals surface area (Å²) < 4.78 is 50.4. The molecule has 0 spiro atoms. The highest BCUT2D eigenvalue weighted by Crippen LogP contribution is 2.30. The molecule has 0 atom stereocenters. The zero-order valence-electron chi connectivity index (χ0n) is 15.2. The number of anilines is 1. The molecule has 3 N–H and O–H groups in total. The summed E-state index contributed by atoms with van der Waals surface area (Å²) in [6, 6.07) is 6.45. The van der Waals surface area contributed by atoms with Gasteiger partial charge in [-0.1, -0.05) is 6.07 Å². The van der Waals surface area contributed by atoms with E-state index >= 15 is 0 Å². The molecule has 1 heterocycles. The van der Waals surface area contributed by atoms with Gasteiger partial charge < -0.3 is 25.4 Å². The second-order valence-electron chi connectivity index (χ2n) is 6.11. The van der Waals surface area contributed by atoms with E-state index in [9.17, 15) is 22.8 Å². The second-order valence-corrected chi connectivity index (χ2v) is 6.11. The third-order valence-electron chi connectivity index (χ3n) is 4.02. The number of amides is 3. The molecular weight excluding hydrogens is 391 g/mol. The van der Waals surface area contributed by atoms with Crippen LogP contribution in [0.25, 0.3) is 0 Å². The first-order valence-corrected chi connectivity index (χ1v) is 8.77. The molecule has 0 saturated heterocycles. The normalized spacial score (nSPS) is 12.2. The lowest BCUT2D eigenvalue weighted by Gasteiger charge is -2.18. The Balaban J connectivity index is 1.40. The highest BCUT2D eigenvalue weighted by molar-refractivity contribution is 5.94. The van der Waals surface area contributed by atoms with Gasteiger partial charge in [-0.15, -0.1) is 0 Å². The van der Waals surface area contributed by atoms with E-state index in [4.69, 9.17) is 9.47 Å². The minimum Gasteiger partial charge on any atom is -0.486 e. The van der Waals surface area contributed by atoms with Crippen molar-refractivity contribution >= 4 is 17.6 Å². The molecule has 2 aromatic rings. The monoisotopic (exact) mass is 409 g/mol. The molecule has 154 valence electrons. The van der Waals surface area contributed by atoms with E-state index in [-0.39, 0.29) is 0 Å². The minimum absolute atomic E-state index is 0.297. The lowest BCUT2D eigenvalue weighted by atomic mass is 10.1. The van der Waals surface area contributed by atoms with E-state index < -0.39 is 41.6 Å². The maximum absolute atomic E-state index is 13.5. The van der Waals surface area contributed by atoms with Gasteiger partial charge in [0.05, 0.1) is 12.2 Å². The number of hydrogen-bond donors (Lipinski definition) is 3. The van der Waals surface area contributed by atoms with Crippen molar-refractivity contribution in [3.05, 3.63) is 53.3 Å². The van der Waals surface area contributed by atoms with E-state index in [1.54, 1.807) is 6.07 Å². The lowest BCUT2D eigenvalue weighted by molar-refractivity contribution is -0.115. The van der Waals surface area contributed by atoms with E-state index in [1.807, 2.05) is 12.1 Å². The minimum atomic E-state index is -1.69. The summed E-state index contributed by atoms with van der Waals surface area (Å²) >= 11 is 0. The average molecular weight is 409 g/mol. The van der Waals surface area contributed by atoms with E-state index in [1.165, 1.54) is 0 Å². The Labute approximate surface area is 164 Å². The van der Waals surface area contributed by atoms with Crippen LogP contribution in [0.15, 0.2) is 30.3 Å². The molecule has 0 fully saturated rings. The fourth-order valence-electron chi connectivity index (χ4n) is 2.60. The Kier molecular flexibility index (Phi) is 6.43. The topological polar surface area (TPSA) is 88.7 Å². The van der Waals surface area contributed by atoms with Crippen LogP contribution in [0.4, 0.5) is 23.7 Å². The maximum atomic E-state index is 13.5. The Morgan fingerprint density at radius 2 is 1.69 bits per heavy atom. The van der Waals surface area contributed by atoms with E-state index in [0.29, 0.717) is 43.7 Å². The van der Waals surface area contributed by atoms with E-state index in [2.05, 4.69) is 16.0 Å². The molecule has 7 nitrogen and oxygen atoms in total. The summed E-state index contributed by atoms with van der Waals surface area (Å²) in [5.74, 6) is -4.03. The molecule has 10 heteroatoms. The van der Waals surface area contributed by atoms with Crippen molar-refractivity contribution in [3.63, 3.8) is 0 Å². The smallest absolute Gasteiger partial charge is 0.315 e. The Morgan fingerprint density at radius 1 is 0.931 bits per heavy atom. The van der Waals surface area contributed by atoms with Crippen molar-refractivity contribution in [1.82, 2.24) is 10.6 Å². The molecule has 0 saturated carbocycles. The van der Waals surface area contributed by atoms with Gasteiger partial charge in [0.1, 0.15) is 13.2 Å². The summed E-state index contributed by atoms with van der Waals surface area (Å²) in [5.41, 5.74) is 0.413. The lowest BCUT2D eigenvalue weighted by Crippen LogP contribution is -2.40. The SMILES string of the molecule is O=C(CNC(=O)NCCc1ccc2c(c1)OCCO2)Nc1ccc(F)c(F)c1F. The number of urea groups is 1. The summed E-state index contributed by atoms with van der Waals surface area (Å²) in [7, 11) is 0. The van der Waals surface area contributed by atoms with Crippen LogP contribution in [0.5, 0.6) is 11.5 Å². The zero-order valence-corrected chi connectivity index (χ0v) is 15.2. The fraction of sp³-hybridized carbons (Fsp3) is 0.263. The average Bonchev–Trinajstić information content (AvgIpc) is 2.72. The van der Waals surface area contributed by atoms with Crippen LogP contribution in [-0.4, -0.2) is 38.2 Å². The van der Waals surface area contributed by atoms with Crippen molar-refractivity contribution in [2.24, 2.45) is 0 Å². The van der Waals surface area contributed by atoms with Crippen LogP contribution in [0.3, 0.4) is 0 Å². The number of carbonyl (C=O) groups excluding carboxylic acids is 2. The fourth-order valence-corrected chi connectivity index (χ4v) is 2.60.